The molecule has 14 heteroatoms. The predicted molar refractivity (Wildman–Crippen MR) is 204 cm³/mol. The molecule has 11 nitrogen and oxygen atoms in total. The predicted octanol–water partition coefficient (Wildman–Crippen LogP) is 7.12. The second-order valence-electron chi connectivity index (χ2n) is 14.2. The molecule has 0 unspecified atom stereocenters. The lowest BCUT2D eigenvalue weighted by Gasteiger charge is -2.34. The maximum Gasteiger partial charge on any atom is 0.261 e. The van der Waals surface area contributed by atoms with Crippen LogP contribution in [0.15, 0.2) is 84.0 Å². The summed E-state index contributed by atoms with van der Waals surface area (Å²) in [6.45, 7) is 5.38. The molecule has 2 aromatic heterocycles. The van der Waals surface area contributed by atoms with Crippen LogP contribution in [0.1, 0.15) is 30.1 Å². The fourth-order valence-electron chi connectivity index (χ4n) is 6.89. The molecule has 3 N–H and O–H groups in total. The molecule has 1 atom stereocenters. The van der Waals surface area contributed by atoms with E-state index in [1.807, 2.05) is 6.07 Å². The average molecular weight is 771 g/mol. The molecular formula is C42H41F3N4O7. The van der Waals surface area contributed by atoms with Crippen molar-refractivity contribution < 1.29 is 41.7 Å². The van der Waals surface area contributed by atoms with E-state index in [4.69, 9.17) is 29.4 Å². The number of nitrogens with two attached hydrogens (primary N) is 1. The number of methoxy groups -OCH3 is 1. The molecule has 56 heavy (non-hydrogen) atoms. The third-order valence-electron chi connectivity index (χ3n) is 10.1. The van der Waals surface area contributed by atoms with Crippen LogP contribution in [0.25, 0.3) is 33.4 Å². The van der Waals surface area contributed by atoms with E-state index >= 15 is 4.39 Å². The molecule has 0 aliphatic carbocycles. The van der Waals surface area contributed by atoms with Gasteiger partial charge in [0.2, 0.25) is 5.43 Å². The van der Waals surface area contributed by atoms with Crippen LogP contribution in [-0.4, -0.2) is 68.3 Å². The zero-order valence-electron chi connectivity index (χ0n) is 30.9. The molecule has 0 spiro atoms. The van der Waals surface area contributed by atoms with Crippen molar-refractivity contribution in [3.8, 4) is 44.9 Å². The number of nitrogens with zero attached hydrogens (tertiary/aromatic N) is 2. The molecule has 4 heterocycles. The van der Waals surface area contributed by atoms with E-state index in [0.717, 1.165) is 31.0 Å². The van der Waals surface area contributed by atoms with Crippen LogP contribution in [0.3, 0.4) is 0 Å². The third-order valence-corrected chi connectivity index (χ3v) is 10.1. The van der Waals surface area contributed by atoms with Gasteiger partial charge in [0.1, 0.15) is 41.5 Å². The van der Waals surface area contributed by atoms with Gasteiger partial charge in [0, 0.05) is 77.9 Å². The summed E-state index contributed by atoms with van der Waals surface area (Å²) in [7, 11) is 1.53. The molecule has 1 amide bonds. The molecule has 292 valence electrons. The van der Waals surface area contributed by atoms with Crippen LogP contribution in [-0.2, 0) is 20.8 Å². The van der Waals surface area contributed by atoms with Crippen LogP contribution in [0.4, 0.5) is 24.7 Å². The highest BCUT2D eigenvalue weighted by molar-refractivity contribution is 6.04. The molecule has 7 rings (SSSR count). The first-order valence-corrected chi connectivity index (χ1v) is 18.1. The van der Waals surface area contributed by atoms with Gasteiger partial charge in [-0.2, -0.15) is 0 Å². The van der Waals surface area contributed by atoms with Crippen LogP contribution >= 0.6 is 0 Å². The van der Waals surface area contributed by atoms with Crippen molar-refractivity contribution in [3.05, 3.63) is 112 Å². The number of rotatable bonds is 11. The summed E-state index contributed by atoms with van der Waals surface area (Å²) in [5.41, 5.74) is 6.52. The van der Waals surface area contributed by atoms with Gasteiger partial charge in [-0.1, -0.05) is 13.0 Å². The highest BCUT2D eigenvalue weighted by Gasteiger charge is 2.29. The summed E-state index contributed by atoms with van der Waals surface area (Å²) in [5.74, 6) is -2.23. The Kier molecular flexibility index (Phi) is 11.4. The normalized spacial score (nSPS) is 16.6. The average Bonchev–Trinajstić information content (AvgIpc) is 3.19. The number of benzene rings is 3. The van der Waals surface area contributed by atoms with Crippen molar-refractivity contribution in [1.82, 2.24) is 9.55 Å². The molecule has 5 aromatic rings. The largest absolute Gasteiger partial charge is 0.493 e. The van der Waals surface area contributed by atoms with E-state index < -0.39 is 28.8 Å². The number of amides is 1. The third kappa shape index (κ3) is 8.57. The van der Waals surface area contributed by atoms with Crippen LogP contribution < -0.4 is 26.0 Å². The second kappa shape index (κ2) is 16.6. The first-order valence-electron chi connectivity index (χ1n) is 18.1. The fourth-order valence-corrected chi connectivity index (χ4v) is 6.89. The molecular weight excluding hydrogens is 729 g/mol. The molecule has 2 aliphatic rings. The highest BCUT2D eigenvalue weighted by atomic mass is 19.1. The monoisotopic (exact) mass is 770 g/mol. The molecule has 0 radical (unpaired) electrons. The Bertz CT molecular complexity index is 2310. The summed E-state index contributed by atoms with van der Waals surface area (Å²) >= 11 is 0. The molecule has 2 fully saturated rings. The minimum Gasteiger partial charge on any atom is -0.493 e. The van der Waals surface area contributed by atoms with Gasteiger partial charge in [0.15, 0.2) is 11.5 Å². The second-order valence-corrected chi connectivity index (χ2v) is 14.2. The molecule has 2 saturated heterocycles. The molecule has 2 aliphatic heterocycles. The summed E-state index contributed by atoms with van der Waals surface area (Å²) in [6, 6.07) is 14.0. The fraction of sp³-hybridized carbons (Fsp3) is 0.310. The Morgan fingerprint density at radius 3 is 2.39 bits per heavy atom. The number of hydrogen-bond donors (Lipinski definition) is 2. The standard InChI is InChI=1S/C42H41F3N4O7/c1-42(9-11-53-12-10-42)24-49-20-33(31-6-4-27(43)17-35(31)44)39(50)34(21-49)41(51)48-28-5-7-30(36(45)18-28)32-15-26(19-47-40(32)46)25-3-8-37(38(16-25)52-2)56-23-29-22-54-13-14-55-29/h3-8,15-21,29H,9-14,22-24H2,1-2H3,(H2,46,47)(H,48,51)/t29-/m1/s1. The number of nitrogen functional groups attached to an aromatic ring is 1. The van der Waals surface area contributed by atoms with E-state index in [9.17, 15) is 18.4 Å². The maximum absolute atomic E-state index is 15.9. The lowest BCUT2D eigenvalue weighted by molar-refractivity contribution is -0.101. The maximum atomic E-state index is 15.9. The zero-order chi connectivity index (χ0) is 39.4. The van der Waals surface area contributed by atoms with E-state index in [2.05, 4.69) is 17.2 Å². The van der Waals surface area contributed by atoms with Crippen molar-refractivity contribution in [2.45, 2.75) is 32.4 Å². The van der Waals surface area contributed by atoms with Crippen molar-refractivity contribution in [1.29, 1.82) is 0 Å². The van der Waals surface area contributed by atoms with Crippen molar-refractivity contribution in [2.24, 2.45) is 5.41 Å². The van der Waals surface area contributed by atoms with Gasteiger partial charge in [-0.25, -0.2) is 18.2 Å². The lowest BCUT2D eigenvalue weighted by Crippen LogP contribution is -2.33. The first kappa shape index (κ1) is 38.6. The van der Waals surface area contributed by atoms with Gasteiger partial charge in [0.05, 0.1) is 26.9 Å². The highest BCUT2D eigenvalue weighted by Crippen LogP contribution is 2.37. The summed E-state index contributed by atoms with van der Waals surface area (Å²) < 4.78 is 74.5. The van der Waals surface area contributed by atoms with E-state index in [0.29, 0.717) is 73.8 Å². The topological polar surface area (TPSA) is 136 Å². The van der Waals surface area contributed by atoms with E-state index in [1.165, 1.54) is 31.6 Å². The molecule has 0 saturated carbocycles. The van der Waals surface area contributed by atoms with Gasteiger partial charge in [-0.05, 0) is 72.4 Å². The van der Waals surface area contributed by atoms with Gasteiger partial charge in [0.25, 0.3) is 5.91 Å². The quantitative estimate of drug-likeness (QED) is 0.144. The number of anilines is 2. The number of ether oxygens (including phenoxy) is 5. The zero-order valence-corrected chi connectivity index (χ0v) is 30.9. The van der Waals surface area contributed by atoms with E-state index in [-0.39, 0.29) is 51.9 Å². The SMILES string of the molecule is COc1cc(-c2cnc(N)c(-c3ccc(NC(=O)c4cn(CC5(C)CCOCC5)cc(-c5ccc(F)cc5F)c4=O)cc3F)c2)ccc1OC[C@H]1COCCO1. The number of halogens is 3. The Morgan fingerprint density at radius 1 is 0.893 bits per heavy atom. The minimum absolute atomic E-state index is 0.0603. The van der Waals surface area contributed by atoms with Gasteiger partial charge < -0.3 is 39.3 Å². The van der Waals surface area contributed by atoms with Crippen LogP contribution in [0.2, 0.25) is 0 Å². The molecule has 0 bridgehead atoms. The summed E-state index contributed by atoms with van der Waals surface area (Å²) in [5, 5.41) is 2.61. The van der Waals surface area contributed by atoms with Crippen molar-refractivity contribution in [2.75, 3.05) is 57.8 Å². The van der Waals surface area contributed by atoms with Crippen LogP contribution in [0.5, 0.6) is 11.5 Å². The molecule has 3 aromatic carbocycles. The number of nitrogens with one attached hydrogen (secondary N) is 1. The number of carbonyl (C=O) groups excluding carboxylic acids is 1. The van der Waals surface area contributed by atoms with E-state index in [1.54, 1.807) is 29.0 Å². The number of carbonyl (C=O) groups is 1. The minimum atomic E-state index is -0.944. The van der Waals surface area contributed by atoms with Gasteiger partial charge >= 0.3 is 0 Å². The lowest BCUT2D eigenvalue weighted by atomic mass is 9.82. The van der Waals surface area contributed by atoms with Gasteiger partial charge in [-0.3, -0.25) is 9.59 Å². The van der Waals surface area contributed by atoms with Crippen molar-refractivity contribution in [3.63, 3.8) is 0 Å². The Hall–Kier alpha value is -5.70. The Morgan fingerprint density at radius 2 is 1.66 bits per heavy atom. The number of pyridine rings is 2. The van der Waals surface area contributed by atoms with Gasteiger partial charge in [-0.15, -0.1) is 0 Å². The number of hydrogen-bond acceptors (Lipinski definition) is 9. The summed E-state index contributed by atoms with van der Waals surface area (Å²) in [6.07, 6.45) is 5.71. The Balaban J connectivity index is 1.14. The van der Waals surface area contributed by atoms with Crippen LogP contribution in [0, 0.1) is 22.9 Å². The summed E-state index contributed by atoms with van der Waals surface area (Å²) in [4.78, 5) is 31.8. The van der Waals surface area contributed by atoms with Crippen molar-refractivity contribution >= 4 is 17.4 Å². The smallest absolute Gasteiger partial charge is 0.261 e. The Labute approximate surface area is 321 Å². The number of aromatic nitrogens is 2. The first-order chi connectivity index (χ1) is 27.0.